The molecule has 8 nitrogen and oxygen atoms in total. The Kier molecular flexibility index (Phi) is 7.24. The van der Waals surface area contributed by atoms with Crippen molar-refractivity contribution >= 4 is 30.3 Å². The molecule has 2 saturated heterocycles. The highest BCUT2D eigenvalue weighted by Crippen LogP contribution is 2.38. The molecule has 2 heterocycles. The van der Waals surface area contributed by atoms with Crippen molar-refractivity contribution in [2.75, 3.05) is 6.61 Å². The number of hydrogen-bond donors (Lipinski definition) is 0. The molecule has 2 aliphatic rings. The number of likely N-dealkylation sites (tertiary alicyclic amines) is 1. The zero-order chi connectivity index (χ0) is 25.9. The Labute approximate surface area is 210 Å². The SMILES string of the molecule is CC(C)(C)OC(=O)C[C@H](C=O)N1C(=O)C(N2C(=O)OC[C@@H]2c2ccccc2)C1/C=C/c1ccccc1. The van der Waals surface area contributed by atoms with Crippen LogP contribution in [0.2, 0.25) is 0 Å². The van der Waals surface area contributed by atoms with Crippen LogP contribution >= 0.6 is 0 Å². The first-order chi connectivity index (χ1) is 17.2. The van der Waals surface area contributed by atoms with Crippen molar-refractivity contribution < 1.29 is 28.7 Å². The monoisotopic (exact) mass is 490 g/mol. The predicted molar refractivity (Wildman–Crippen MR) is 133 cm³/mol. The lowest BCUT2D eigenvalue weighted by Crippen LogP contribution is -2.73. The first kappa shape index (κ1) is 25.2. The quantitative estimate of drug-likeness (QED) is 0.318. The number of aldehydes is 1. The molecule has 36 heavy (non-hydrogen) atoms. The van der Waals surface area contributed by atoms with Gasteiger partial charge in [0, 0.05) is 0 Å². The second-order valence-corrected chi connectivity index (χ2v) is 9.86. The molecule has 0 bridgehead atoms. The molecule has 188 valence electrons. The van der Waals surface area contributed by atoms with Crippen molar-refractivity contribution in [3.63, 3.8) is 0 Å². The summed E-state index contributed by atoms with van der Waals surface area (Å²) >= 11 is 0. The lowest BCUT2D eigenvalue weighted by atomic mass is 9.88. The molecule has 0 aliphatic carbocycles. The molecule has 2 amide bonds. The van der Waals surface area contributed by atoms with Crippen LogP contribution in [0.15, 0.2) is 66.7 Å². The lowest BCUT2D eigenvalue weighted by Gasteiger charge is -2.51. The Morgan fingerprint density at radius 3 is 2.33 bits per heavy atom. The number of cyclic esters (lactones) is 1. The molecule has 2 aromatic carbocycles. The average molecular weight is 491 g/mol. The Morgan fingerprint density at radius 2 is 1.72 bits per heavy atom. The van der Waals surface area contributed by atoms with Gasteiger partial charge in [-0.2, -0.15) is 0 Å². The van der Waals surface area contributed by atoms with Gasteiger partial charge in [0.2, 0.25) is 5.91 Å². The molecule has 4 rings (SSSR count). The second-order valence-electron chi connectivity index (χ2n) is 9.86. The molecule has 0 N–H and O–H groups in total. The van der Waals surface area contributed by atoms with Crippen LogP contribution in [0, 0.1) is 0 Å². The Balaban J connectivity index is 1.64. The van der Waals surface area contributed by atoms with Crippen LogP contribution < -0.4 is 0 Å². The molecular weight excluding hydrogens is 460 g/mol. The third-order valence-electron chi connectivity index (χ3n) is 6.14. The highest BCUT2D eigenvalue weighted by Gasteiger charge is 2.57. The summed E-state index contributed by atoms with van der Waals surface area (Å²) in [5, 5.41) is 0. The van der Waals surface area contributed by atoms with E-state index >= 15 is 0 Å². The summed E-state index contributed by atoms with van der Waals surface area (Å²) in [4.78, 5) is 53.6. The number of nitrogens with zero attached hydrogens (tertiary/aromatic N) is 2. The molecule has 4 atom stereocenters. The lowest BCUT2D eigenvalue weighted by molar-refractivity contribution is -0.166. The summed E-state index contributed by atoms with van der Waals surface area (Å²) in [6, 6.07) is 15.9. The van der Waals surface area contributed by atoms with Gasteiger partial charge in [-0.15, -0.1) is 0 Å². The summed E-state index contributed by atoms with van der Waals surface area (Å²) in [6.07, 6.45) is 3.35. The minimum atomic E-state index is -1.03. The van der Waals surface area contributed by atoms with Crippen LogP contribution in [0.1, 0.15) is 44.4 Å². The van der Waals surface area contributed by atoms with Gasteiger partial charge < -0.3 is 19.2 Å². The summed E-state index contributed by atoms with van der Waals surface area (Å²) in [5.74, 6) is -0.998. The number of carbonyl (C=O) groups is 4. The molecular formula is C28H30N2O6. The van der Waals surface area contributed by atoms with Crippen molar-refractivity contribution in [2.45, 2.75) is 57.0 Å². The predicted octanol–water partition coefficient (Wildman–Crippen LogP) is 3.77. The number of esters is 1. The fraction of sp³-hybridized carbons (Fsp3) is 0.357. The fourth-order valence-corrected chi connectivity index (χ4v) is 4.59. The van der Waals surface area contributed by atoms with Crippen molar-refractivity contribution in [1.29, 1.82) is 0 Å². The van der Waals surface area contributed by atoms with Gasteiger partial charge in [-0.1, -0.05) is 72.8 Å². The van der Waals surface area contributed by atoms with Gasteiger partial charge in [-0.25, -0.2) is 4.79 Å². The second kappa shape index (κ2) is 10.4. The van der Waals surface area contributed by atoms with E-state index in [0.29, 0.717) is 6.29 Å². The third kappa shape index (κ3) is 5.32. The van der Waals surface area contributed by atoms with E-state index < -0.39 is 47.7 Å². The van der Waals surface area contributed by atoms with Crippen LogP contribution in [-0.2, 0) is 23.9 Å². The number of benzene rings is 2. The number of ether oxygens (including phenoxy) is 2. The zero-order valence-electron chi connectivity index (χ0n) is 20.6. The Morgan fingerprint density at radius 1 is 1.08 bits per heavy atom. The van der Waals surface area contributed by atoms with Crippen LogP contribution in [0.25, 0.3) is 6.08 Å². The molecule has 0 radical (unpaired) electrons. The summed E-state index contributed by atoms with van der Waals surface area (Å²) < 4.78 is 10.7. The summed E-state index contributed by atoms with van der Waals surface area (Å²) in [6.45, 7) is 5.33. The minimum Gasteiger partial charge on any atom is -0.460 e. The number of amides is 2. The van der Waals surface area contributed by atoms with Crippen molar-refractivity contribution in [2.24, 2.45) is 0 Å². The largest absolute Gasteiger partial charge is 0.460 e. The van der Waals surface area contributed by atoms with Crippen molar-refractivity contribution in [3.05, 3.63) is 77.9 Å². The van der Waals surface area contributed by atoms with Gasteiger partial charge >= 0.3 is 12.1 Å². The van der Waals surface area contributed by atoms with Gasteiger partial charge in [0.15, 0.2) is 0 Å². The van der Waals surface area contributed by atoms with Crippen LogP contribution in [0.3, 0.4) is 0 Å². The van der Waals surface area contributed by atoms with E-state index in [1.54, 1.807) is 26.8 Å². The molecule has 0 aromatic heterocycles. The van der Waals surface area contributed by atoms with Gasteiger partial charge in [-0.3, -0.25) is 14.5 Å². The van der Waals surface area contributed by atoms with Crippen LogP contribution in [0.5, 0.6) is 0 Å². The maximum absolute atomic E-state index is 13.5. The molecule has 0 saturated carbocycles. The van der Waals surface area contributed by atoms with E-state index in [1.807, 2.05) is 66.7 Å². The van der Waals surface area contributed by atoms with E-state index in [2.05, 4.69) is 0 Å². The minimum absolute atomic E-state index is 0.122. The third-order valence-corrected chi connectivity index (χ3v) is 6.14. The number of β-lactam (4-membered cyclic amide) rings is 1. The number of rotatable bonds is 8. The standard InChI is InChI=1S/C28H30N2O6/c1-28(2,3)36-24(32)16-21(17-31)29-22(15-14-19-10-6-4-7-11-19)25(26(29)33)30-23(18-35-27(30)34)20-12-8-5-9-13-20/h4-15,17,21-23,25H,16,18H2,1-3H3/b15-14+/t21-,22?,23-,25?/m1/s1. The molecule has 2 unspecified atom stereocenters. The highest BCUT2D eigenvalue weighted by molar-refractivity contribution is 5.96. The Bertz CT molecular complexity index is 1140. The van der Waals surface area contributed by atoms with E-state index in [1.165, 1.54) is 9.80 Å². The molecule has 0 spiro atoms. The fourth-order valence-electron chi connectivity index (χ4n) is 4.59. The molecule has 8 heteroatoms. The first-order valence-corrected chi connectivity index (χ1v) is 11.9. The molecule has 2 aliphatic heterocycles. The normalized spacial score (nSPS) is 22.8. The van der Waals surface area contributed by atoms with Gasteiger partial charge in [0.05, 0.1) is 24.5 Å². The smallest absolute Gasteiger partial charge is 0.411 e. The van der Waals surface area contributed by atoms with E-state index in [9.17, 15) is 19.2 Å². The highest BCUT2D eigenvalue weighted by atomic mass is 16.6. The first-order valence-electron chi connectivity index (χ1n) is 11.9. The van der Waals surface area contributed by atoms with Crippen LogP contribution in [0.4, 0.5) is 4.79 Å². The number of hydrogen-bond acceptors (Lipinski definition) is 6. The maximum atomic E-state index is 13.5. The van der Waals surface area contributed by atoms with Gasteiger partial charge in [0.1, 0.15) is 24.5 Å². The van der Waals surface area contributed by atoms with Crippen molar-refractivity contribution in [1.82, 2.24) is 9.80 Å². The maximum Gasteiger partial charge on any atom is 0.411 e. The van der Waals surface area contributed by atoms with Gasteiger partial charge in [-0.05, 0) is 31.9 Å². The van der Waals surface area contributed by atoms with Gasteiger partial charge in [0.25, 0.3) is 0 Å². The van der Waals surface area contributed by atoms with Crippen molar-refractivity contribution in [3.8, 4) is 0 Å². The zero-order valence-corrected chi connectivity index (χ0v) is 20.6. The number of carbonyl (C=O) groups excluding carboxylic acids is 4. The van der Waals surface area contributed by atoms with Crippen LogP contribution in [-0.4, -0.2) is 64.4 Å². The summed E-state index contributed by atoms with van der Waals surface area (Å²) in [7, 11) is 0. The topological polar surface area (TPSA) is 93.2 Å². The average Bonchev–Trinajstić information content (AvgIpc) is 3.21. The molecule has 2 aromatic rings. The molecule has 2 fully saturated rings. The van der Waals surface area contributed by atoms with E-state index in [-0.39, 0.29) is 13.0 Å². The van der Waals surface area contributed by atoms with E-state index in [0.717, 1.165) is 11.1 Å². The van der Waals surface area contributed by atoms with E-state index in [4.69, 9.17) is 9.47 Å². The Hall–Kier alpha value is -3.94. The summed E-state index contributed by atoms with van der Waals surface area (Å²) in [5.41, 5.74) is 1.02.